The van der Waals surface area contributed by atoms with E-state index in [1.54, 1.807) is 0 Å². The van der Waals surface area contributed by atoms with Gasteiger partial charge < -0.3 is 0 Å². The minimum absolute atomic E-state index is 0.744. The van der Waals surface area contributed by atoms with Gasteiger partial charge in [0, 0.05) is 16.5 Å². The summed E-state index contributed by atoms with van der Waals surface area (Å²) in [7, 11) is -2.00. The maximum Gasteiger partial charge on any atom is 0.160 e. The van der Waals surface area contributed by atoms with E-state index < -0.39 is 8.07 Å². The van der Waals surface area contributed by atoms with Crippen molar-refractivity contribution >= 4 is 29.4 Å². The van der Waals surface area contributed by atoms with Gasteiger partial charge in [-0.25, -0.2) is 9.97 Å². The van der Waals surface area contributed by atoms with E-state index >= 15 is 0 Å². The lowest BCUT2D eigenvalue weighted by Gasteiger charge is -2.22. The summed E-state index contributed by atoms with van der Waals surface area (Å²) in [6.45, 7) is 4.94. The van der Waals surface area contributed by atoms with E-state index in [1.807, 2.05) is 0 Å². The fraction of sp³-hybridized carbons (Fsp3) is 0.0435. The average molecular weight is 643 g/mol. The molecule has 1 aromatic heterocycles. The van der Waals surface area contributed by atoms with Crippen molar-refractivity contribution in [2.75, 3.05) is 0 Å². The molecule has 3 heteroatoms. The SMILES string of the molecule is C[Si]1(C)c2ccccc2-c2ccc3nc(-c4cccc(-c5cccc(-c6ccccc6-c6ccccc6)c5)c4)nc(-c4ccccc4)c3c21. The topological polar surface area (TPSA) is 25.8 Å². The van der Waals surface area contributed by atoms with E-state index in [2.05, 4.69) is 183 Å². The van der Waals surface area contributed by atoms with Gasteiger partial charge in [-0.2, -0.15) is 0 Å². The monoisotopic (exact) mass is 642 g/mol. The molecule has 0 atom stereocenters. The van der Waals surface area contributed by atoms with Crippen LogP contribution in [0.3, 0.4) is 0 Å². The molecule has 49 heavy (non-hydrogen) atoms. The van der Waals surface area contributed by atoms with Crippen molar-refractivity contribution in [1.29, 1.82) is 0 Å². The van der Waals surface area contributed by atoms with Crippen molar-refractivity contribution in [1.82, 2.24) is 9.97 Å². The van der Waals surface area contributed by atoms with Gasteiger partial charge in [0.25, 0.3) is 0 Å². The molecule has 232 valence electrons. The average Bonchev–Trinajstić information content (AvgIpc) is 3.41. The van der Waals surface area contributed by atoms with E-state index in [1.165, 1.54) is 49.1 Å². The highest BCUT2D eigenvalue weighted by atomic mass is 28.3. The number of benzene rings is 7. The summed E-state index contributed by atoms with van der Waals surface area (Å²) >= 11 is 0. The molecule has 1 aliphatic heterocycles. The van der Waals surface area contributed by atoms with E-state index in [4.69, 9.17) is 9.97 Å². The molecule has 0 radical (unpaired) electrons. The van der Waals surface area contributed by atoms with Crippen molar-refractivity contribution in [3.8, 4) is 67.2 Å². The Balaban J connectivity index is 1.18. The molecule has 9 rings (SSSR count). The Morgan fingerprint density at radius 1 is 0.388 bits per heavy atom. The summed E-state index contributed by atoms with van der Waals surface area (Å²) in [5, 5.41) is 4.13. The molecule has 0 fully saturated rings. The highest BCUT2D eigenvalue weighted by molar-refractivity contribution is 7.05. The van der Waals surface area contributed by atoms with Crippen LogP contribution in [0.4, 0.5) is 0 Å². The Bertz CT molecular complexity index is 2520. The van der Waals surface area contributed by atoms with Crippen molar-refractivity contribution in [2.24, 2.45) is 0 Å². The first-order valence-corrected chi connectivity index (χ1v) is 19.9. The van der Waals surface area contributed by atoms with Gasteiger partial charge in [0.2, 0.25) is 0 Å². The van der Waals surface area contributed by atoms with Crippen molar-refractivity contribution < 1.29 is 0 Å². The zero-order valence-corrected chi connectivity index (χ0v) is 28.6. The van der Waals surface area contributed by atoms with Crippen LogP contribution in [0.5, 0.6) is 0 Å². The Morgan fingerprint density at radius 3 is 1.63 bits per heavy atom. The van der Waals surface area contributed by atoms with E-state index in [9.17, 15) is 0 Å². The summed E-state index contributed by atoms with van der Waals surface area (Å²) in [6.07, 6.45) is 0. The first kappa shape index (κ1) is 29.3. The molecule has 0 aliphatic carbocycles. The number of hydrogen-bond acceptors (Lipinski definition) is 2. The van der Waals surface area contributed by atoms with Crippen LogP contribution in [-0.2, 0) is 0 Å². The van der Waals surface area contributed by atoms with Gasteiger partial charge in [-0.15, -0.1) is 0 Å². The summed E-state index contributed by atoms with van der Waals surface area (Å²) < 4.78 is 0. The predicted molar refractivity (Wildman–Crippen MR) is 209 cm³/mol. The fourth-order valence-corrected chi connectivity index (χ4v) is 11.2. The minimum Gasteiger partial charge on any atom is -0.228 e. The van der Waals surface area contributed by atoms with Gasteiger partial charge in [-0.05, 0) is 73.1 Å². The summed E-state index contributed by atoms with van der Waals surface area (Å²) in [5.41, 5.74) is 14.0. The second-order valence-corrected chi connectivity index (χ2v) is 17.7. The third kappa shape index (κ3) is 4.94. The molecule has 2 nitrogen and oxygen atoms in total. The van der Waals surface area contributed by atoms with Gasteiger partial charge in [-0.3, -0.25) is 0 Å². The molecule has 0 amide bonds. The summed E-state index contributed by atoms with van der Waals surface area (Å²) in [6, 6.07) is 60.9. The second-order valence-electron chi connectivity index (χ2n) is 13.4. The molecular formula is C46H34N2Si. The third-order valence-electron chi connectivity index (χ3n) is 10.1. The van der Waals surface area contributed by atoms with Crippen LogP contribution in [0.2, 0.25) is 13.1 Å². The number of hydrogen-bond donors (Lipinski definition) is 0. The fourth-order valence-electron chi connectivity index (χ4n) is 7.74. The Morgan fingerprint density at radius 2 is 0.918 bits per heavy atom. The maximum atomic E-state index is 5.40. The molecule has 0 saturated heterocycles. The van der Waals surface area contributed by atoms with E-state index in [0.29, 0.717) is 0 Å². The van der Waals surface area contributed by atoms with Crippen LogP contribution in [-0.4, -0.2) is 18.0 Å². The molecule has 2 heterocycles. The lowest BCUT2D eigenvalue weighted by atomic mass is 9.92. The minimum atomic E-state index is -2.00. The molecule has 0 N–H and O–H groups in total. The van der Waals surface area contributed by atoms with Crippen LogP contribution in [0.1, 0.15) is 0 Å². The molecule has 0 bridgehead atoms. The molecule has 0 saturated carbocycles. The summed E-state index contributed by atoms with van der Waals surface area (Å²) in [4.78, 5) is 10.7. The number of rotatable bonds is 5. The number of aromatic nitrogens is 2. The third-order valence-corrected chi connectivity index (χ3v) is 13.6. The lowest BCUT2D eigenvalue weighted by Crippen LogP contribution is -2.49. The van der Waals surface area contributed by atoms with E-state index in [0.717, 1.165) is 39.3 Å². The molecule has 1 aliphatic rings. The number of nitrogens with zero attached hydrogens (tertiary/aromatic N) is 2. The molecule has 8 aromatic rings. The largest absolute Gasteiger partial charge is 0.228 e. The van der Waals surface area contributed by atoms with Gasteiger partial charge in [0.1, 0.15) is 8.07 Å². The normalized spacial score (nSPS) is 12.9. The van der Waals surface area contributed by atoms with Gasteiger partial charge >= 0.3 is 0 Å². The Labute approximate surface area is 288 Å². The highest BCUT2D eigenvalue weighted by Crippen LogP contribution is 2.38. The van der Waals surface area contributed by atoms with Gasteiger partial charge in [0.15, 0.2) is 5.82 Å². The van der Waals surface area contributed by atoms with Crippen molar-refractivity contribution in [3.63, 3.8) is 0 Å². The standard InChI is InChI=1S/C46H34N2Si/c1-49(2)42-26-12-11-25-39(42)40-27-28-41-43(45(40)49)44(32-17-7-4-8-18-32)48-46(47-41)36-22-14-20-34(30-36)33-19-13-21-35(29-33)38-24-10-9-23-37(38)31-15-5-3-6-16-31/h3-30H,1-2H3. The van der Waals surface area contributed by atoms with Crippen LogP contribution >= 0.6 is 0 Å². The predicted octanol–water partition coefficient (Wildman–Crippen LogP) is 10.8. The zero-order chi connectivity index (χ0) is 33.0. The quantitative estimate of drug-likeness (QED) is 0.175. The summed E-state index contributed by atoms with van der Waals surface area (Å²) in [5.74, 6) is 0.744. The molecule has 0 unspecified atom stereocenters. The first-order chi connectivity index (χ1) is 24.1. The van der Waals surface area contributed by atoms with Gasteiger partial charge in [-0.1, -0.05) is 165 Å². The maximum absolute atomic E-state index is 5.40. The van der Waals surface area contributed by atoms with Crippen LogP contribution in [0, 0.1) is 0 Å². The van der Waals surface area contributed by atoms with Crippen LogP contribution in [0.25, 0.3) is 78.1 Å². The second kappa shape index (κ2) is 11.7. The highest BCUT2D eigenvalue weighted by Gasteiger charge is 2.39. The molecular weight excluding hydrogens is 609 g/mol. The van der Waals surface area contributed by atoms with Crippen LogP contribution in [0.15, 0.2) is 170 Å². The lowest BCUT2D eigenvalue weighted by molar-refractivity contribution is 1.23. The first-order valence-electron chi connectivity index (χ1n) is 16.9. The Kier molecular flexibility index (Phi) is 6.96. The number of fused-ring (bicyclic) bond motifs is 5. The Hall–Kier alpha value is -5.90. The van der Waals surface area contributed by atoms with Crippen molar-refractivity contribution in [3.05, 3.63) is 170 Å². The molecule has 7 aromatic carbocycles. The van der Waals surface area contributed by atoms with Gasteiger partial charge in [0.05, 0.1) is 11.2 Å². The van der Waals surface area contributed by atoms with Crippen LogP contribution < -0.4 is 10.4 Å². The smallest absolute Gasteiger partial charge is 0.160 e. The molecule has 0 spiro atoms. The van der Waals surface area contributed by atoms with E-state index in [-0.39, 0.29) is 0 Å². The zero-order valence-electron chi connectivity index (χ0n) is 27.6. The van der Waals surface area contributed by atoms with Crippen molar-refractivity contribution in [2.45, 2.75) is 13.1 Å².